The Hall–Kier alpha value is -1.09. The van der Waals surface area contributed by atoms with Crippen LogP contribution in [-0.2, 0) is 6.42 Å². The Labute approximate surface area is 102 Å². The smallest absolute Gasteiger partial charge is 0.0716 e. The average molecular weight is 232 g/mol. The number of hydrogen-bond donors (Lipinski definition) is 1. The largest absolute Gasteiger partial charge is 0.391 e. The van der Waals surface area contributed by atoms with Gasteiger partial charge in [0, 0.05) is 17.8 Å². The Morgan fingerprint density at radius 2 is 2.24 bits per heavy atom. The van der Waals surface area contributed by atoms with Crippen LogP contribution in [0, 0.1) is 0 Å². The van der Waals surface area contributed by atoms with Crippen molar-refractivity contribution in [1.29, 1.82) is 0 Å². The highest BCUT2D eigenvalue weighted by atomic mass is 16.3. The van der Waals surface area contributed by atoms with Crippen LogP contribution in [-0.4, -0.2) is 28.3 Å². The van der Waals surface area contributed by atoms with Crippen LogP contribution in [0.25, 0.3) is 0 Å². The first-order valence-electron chi connectivity index (χ1n) is 6.64. The van der Waals surface area contributed by atoms with Gasteiger partial charge in [0.05, 0.1) is 18.0 Å². The van der Waals surface area contributed by atoms with Crippen molar-refractivity contribution in [2.45, 2.75) is 50.7 Å². The molecule has 17 heavy (non-hydrogen) atoms. The first-order valence-corrected chi connectivity index (χ1v) is 6.64. The Bertz CT molecular complexity index is 397. The topological polar surface area (TPSA) is 36.4 Å². The van der Waals surface area contributed by atoms with E-state index in [0.717, 1.165) is 31.5 Å². The first kappa shape index (κ1) is 11.0. The highest BCUT2D eigenvalue weighted by Gasteiger charge is 2.50. The minimum absolute atomic E-state index is 0.174. The predicted molar refractivity (Wildman–Crippen MR) is 68.2 cm³/mol. The summed E-state index contributed by atoms with van der Waals surface area (Å²) in [6.45, 7) is 2.89. The summed E-state index contributed by atoms with van der Waals surface area (Å²) in [6.07, 6.45) is 7.41. The third kappa shape index (κ3) is 1.93. The first-order chi connectivity index (χ1) is 8.23. The van der Waals surface area contributed by atoms with E-state index in [1.54, 1.807) is 0 Å². The molecule has 0 unspecified atom stereocenters. The van der Waals surface area contributed by atoms with E-state index in [2.05, 4.69) is 28.9 Å². The van der Waals surface area contributed by atoms with Crippen LogP contribution in [0.3, 0.4) is 0 Å². The molecule has 0 amide bonds. The summed E-state index contributed by atoms with van der Waals surface area (Å²) in [5, 5.41) is 9.84. The van der Waals surface area contributed by atoms with Gasteiger partial charge in [0.25, 0.3) is 0 Å². The summed E-state index contributed by atoms with van der Waals surface area (Å²) in [4.78, 5) is 6.85. The molecule has 0 bridgehead atoms. The summed E-state index contributed by atoms with van der Waals surface area (Å²) < 4.78 is 0. The SMILES string of the molecule is CCc1ccc(N2C[C@@H](O)CCC23CC3)cn1. The lowest BCUT2D eigenvalue weighted by atomic mass is 9.97. The van der Waals surface area contributed by atoms with Crippen molar-refractivity contribution in [1.82, 2.24) is 4.98 Å². The molecule has 2 fully saturated rings. The average Bonchev–Trinajstić information content (AvgIpc) is 3.14. The molecular formula is C14H20N2O. The van der Waals surface area contributed by atoms with Gasteiger partial charge in [-0.05, 0) is 44.2 Å². The molecule has 1 saturated heterocycles. The second-order valence-electron chi connectivity index (χ2n) is 5.39. The molecule has 1 aromatic rings. The molecule has 2 heterocycles. The summed E-state index contributed by atoms with van der Waals surface area (Å²) in [5.41, 5.74) is 2.67. The number of anilines is 1. The van der Waals surface area contributed by atoms with Gasteiger partial charge in [-0.15, -0.1) is 0 Å². The fourth-order valence-corrected chi connectivity index (χ4v) is 2.89. The quantitative estimate of drug-likeness (QED) is 0.848. The van der Waals surface area contributed by atoms with E-state index >= 15 is 0 Å². The molecule has 1 aliphatic heterocycles. The van der Waals surface area contributed by atoms with Gasteiger partial charge in [-0.2, -0.15) is 0 Å². The monoisotopic (exact) mass is 232 g/mol. The summed E-state index contributed by atoms with van der Waals surface area (Å²) in [7, 11) is 0. The van der Waals surface area contributed by atoms with Crippen molar-refractivity contribution in [3.63, 3.8) is 0 Å². The number of aliphatic hydroxyl groups is 1. The molecule has 0 radical (unpaired) electrons. The van der Waals surface area contributed by atoms with Gasteiger partial charge in [-0.25, -0.2) is 0 Å². The Morgan fingerprint density at radius 3 is 2.82 bits per heavy atom. The van der Waals surface area contributed by atoms with E-state index in [4.69, 9.17) is 0 Å². The molecule has 3 heteroatoms. The van der Waals surface area contributed by atoms with E-state index < -0.39 is 0 Å². The van der Waals surface area contributed by atoms with Crippen LogP contribution < -0.4 is 4.90 Å². The van der Waals surface area contributed by atoms with Crippen molar-refractivity contribution in [3.8, 4) is 0 Å². The van der Waals surface area contributed by atoms with E-state index in [1.165, 1.54) is 18.5 Å². The third-order valence-electron chi connectivity index (χ3n) is 4.22. The Balaban J connectivity index is 1.85. The number of aromatic nitrogens is 1. The summed E-state index contributed by atoms with van der Waals surface area (Å²) >= 11 is 0. The van der Waals surface area contributed by atoms with Gasteiger partial charge in [-0.3, -0.25) is 4.98 Å². The van der Waals surface area contributed by atoms with Crippen LogP contribution in [0.5, 0.6) is 0 Å². The third-order valence-corrected chi connectivity index (χ3v) is 4.22. The van der Waals surface area contributed by atoms with E-state index in [9.17, 15) is 5.11 Å². The maximum atomic E-state index is 9.84. The maximum Gasteiger partial charge on any atom is 0.0716 e. The Morgan fingerprint density at radius 1 is 1.41 bits per heavy atom. The van der Waals surface area contributed by atoms with Crippen LogP contribution in [0.4, 0.5) is 5.69 Å². The fourth-order valence-electron chi connectivity index (χ4n) is 2.89. The summed E-state index contributed by atoms with van der Waals surface area (Å²) in [6, 6.07) is 4.26. The lowest BCUT2D eigenvalue weighted by Gasteiger charge is -2.40. The van der Waals surface area contributed by atoms with Crippen molar-refractivity contribution >= 4 is 5.69 Å². The molecule has 0 aromatic carbocycles. The lowest BCUT2D eigenvalue weighted by molar-refractivity contribution is 0.138. The van der Waals surface area contributed by atoms with E-state index in [0.29, 0.717) is 5.54 Å². The molecule has 2 aliphatic rings. The molecule has 1 saturated carbocycles. The number of pyridine rings is 1. The molecule has 92 valence electrons. The van der Waals surface area contributed by atoms with E-state index in [1.807, 2.05) is 6.20 Å². The van der Waals surface area contributed by atoms with Gasteiger partial charge in [0.2, 0.25) is 0 Å². The van der Waals surface area contributed by atoms with Crippen molar-refractivity contribution in [2.24, 2.45) is 0 Å². The fraction of sp³-hybridized carbons (Fsp3) is 0.643. The van der Waals surface area contributed by atoms with Crippen molar-refractivity contribution in [3.05, 3.63) is 24.0 Å². The predicted octanol–water partition coefficient (Wildman–Crippen LogP) is 2.14. The van der Waals surface area contributed by atoms with Crippen LogP contribution >= 0.6 is 0 Å². The van der Waals surface area contributed by atoms with Gasteiger partial charge < -0.3 is 10.0 Å². The molecular weight excluding hydrogens is 212 g/mol. The molecule has 1 spiro atoms. The second-order valence-corrected chi connectivity index (χ2v) is 5.39. The minimum atomic E-state index is -0.174. The van der Waals surface area contributed by atoms with Crippen LogP contribution in [0.1, 0.15) is 38.3 Å². The van der Waals surface area contributed by atoms with Gasteiger partial charge in [0.15, 0.2) is 0 Å². The van der Waals surface area contributed by atoms with Crippen molar-refractivity contribution < 1.29 is 5.11 Å². The number of hydrogen-bond acceptors (Lipinski definition) is 3. The second kappa shape index (κ2) is 3.98. The molecule has 1 atom stereocenters. The van der Waals surface area contributed by atoms with Gasteiger partial charge in [0.1, 0.15) is 0 Å². The van der Waals surface area contributed by atoms with Crippen LogP contribution in [0.15, 0.2) is 18.3 Å². The number of β-amino-alcohol motifs (C(OH)–C–C–N with tert-alkyl or cyclic N) is 1. The summed E-state index contributed by atoms with van der Waals surface area (Å²) in [5.74, 6) is 0. The normalized spacial score (nSPS) is 26.2. The maximum absolute atomic E-state index is 9.84. The Kier molecular flexibility index (Phi) is 2.58. The molecule has 1 N–H and O–H groups in total. The van der Waals surface area contributed by atoms with Crippen LogP contribution in [0.2, 0.25) is 0 Å². The number of piperidine rings is 1. The number of nitrogens with zero attached hydrogens (tertiary/aromatic N) is 2. The van der Waals surface area contributed by atoms with Gasteiger partial charge >= 0.3 is 0 Å². The highest BCUT2D eigenvalue weighted by Crippen LogP contribution is 2.49. The standard InChI is InChI=1S/C14H20N2O/c1-2-11-3-4-12(9-15-11)16-10-13(17)5-6-14(16)7-8-14/h3-4,9,13,17H,2,5-8,10H2,1H3/t13-/m0/s1. The molecule has 3 nitrogen and oxygen atoms in total. The van der Waals surface area contributed by atoms with E-state index in [-0.39, 0.29) is 6.10 Å². The number of rotatable bonds is 2. The number of aliphatic hydroxyl groups excluding tert-OH is 1. The zero-order chi connectivity index (χ0) is 11.9. The lowest BCUT2D eigenvalue weighted by Crippen LogP contribution is -2.47. The zero-order valence-corrected chi connectivity index (χ0v) is 10.4. The minimum Gasteiger partial charge on any atom is -0.391 e. The zero-order valence-electron chi connectivity index (χ0n) is 10.4. The van der Waals surface area contributed by atoms with Gasteiger partial charge in [-0.1, -0.05) is 6.92 Å². The van der Waals surface area contributed by atoms with Crippen molar-refractivity contribution in [2.75, 3.05) is 11.4 Å². The highest BCUT2D eigenvalue weighted by molar-refractivity contribution is 5.50. The molecule has 3 rings (SSSR count). The molecule has 1 aromatic heterocycles. The molecule has 1 aliphatic carbocycles. The number of aryl methyl sites for hydroxylation is 1.